The van der Waals surface area contributed by atoms with Crippen molar-refractivity contribution in [3.8, 4) is 6.07 Å². The Hall–Kier alpha value is -1.60. The average Bonchev–Trinajstić information content (AvgIpc) is 3.04. The number of thiocarbonyl (C=S) groups is 1. The van der Waals surface area contributed by atoms with Crippen LogP contribution in [0.4, 0.5) is 0 Å². The second kappa shape index (κ2) is 4.34. The molecule has 0 radical (unpaired) electrons. The first-order chi connectivity index (χ1) is 8.04. The van der Waals surface area contributed by atoms with Gasteiger partial charge in [0.15, 0.2) is 0 Å². The van der Waals surface area contributed by atoms with Gasteiger partial charge in [-0.15, -0.1) is 0 Å². The smallest absolute Gasteiger partial charge is 0.114 e. The summed E-state index contributed by atoms with van der Waals surface area (Å²) in [7, 11) is 0. The Morgan fingerprint density at radius 3 is 2.71 bits per heavy atom. The van der Waals surface area contributed by atoms with Crippen molar-refractivity contribution < 1.29 is 0 Å². The quantitative estimate of drug-likeness (QED) is 0.506. The fourth-order valence-corrected chi connectivity index (χ4v) is 2.26. The minimum Gasteiger partial charge on any atom is -0.389 e. The molecule has 1 aliphatic carbocycles. The molecule has 1 aliphatic rings. The molecule has 0 atom stereocenters. The molecule has 88 valence electrons. The molecule has 0 amide bonds. The van der Waals surface area contributed by atoms with Crippen molar-refractivity contribution in [2.24, 2.45) is 5.73 Å². The van der Waals surface area contributed by atoms with Crippen molar-refractivity contribution >= 4 is 23.3 Å². The first kappa shape index (κ1) is 11.9. The number of aryl methyl sites for hydroxylation is 1. The summed E-state index contributed by atoms with van der Waals surface area (Å²) >= 11 is 4.84. The molecule has 3 nitrogen and oxygen atoms in total. The Morgan fingerprint density at radius 2 is 2.24 bits per heavy atom. The summed E-state index contributed by atoms with van der Waals surface area (Å²) in [5.74, 6) is 0. The third-order valence-electron chi connectivity index (χ3n) is 3.12. The van der Waals surface area contributed by atoms with E-state index < -0.39 is 0 Å². The summed E-state index contributed by atoms with van der Waals surface area (Å²) < 4.78 is 2.33. The Bertz CT molecular complexity index is 542. The van der Waals surface area contributed by atoms with Crippen molar-refractivity contribution in [1.29, 1.82) is 5.26 Å². The molecule has 1 aromatic rings. The lowest BCUT2D eigenvalue weighted by Gasteiger charge is -2.06. The van der Waals surface area contributed by atoms with Crippen LogP contribution in [-0.2, 0) is 0 Å². The first-order valence-corrected chi connectivity index (χ1v) is 6.05. The van der Waals surface area contributed by atoms with Crippen LogP contribution >= 0.6 is 12.2 Å². The van der Waals surface area contributed by atoms with E-state index in [1.165, 1.54) is 24.2 Å². The summed E-state index contributed by atoms with van der Waals surface area (Å²) in [5.41, 5.74) is 9.33. The molecule has 1 saturated carbocycles. The zero-order valence-electron chi connectivity index (χ0n) is 10.0. The second-order valence-electron chi connectivity index (χ2n) is 4.46. The van der Waals surface area contributed by atoms with Crippen LogP contribution in [0.1, 0.15) is 35.8 Å². The summed E-state index contributed by atoms with van der Waals surface area (Å²) in [6.07, 6.45) is 4.28. The van der Waals surface area contributed by atoms with Crippen LogP contribution in [0.25, 0.3) is 6.08 Å². The van der Waals surface area contributed by atoms with E-state index in [9.17, 15) is 0 Å². The number of hydrogen-bond donors (Lipinski definition) is 1. The summed E-state index contributed by atoms with van der Waals surface area (Å²) in [6, 6.07) is 4.77. The standard InChI is InChI=1S/C13H15N3S/c1-8-5-10(6-11(7-14)13(15)17)9(2)16(8)12-3-4-12/h5-6,12H,3-4H2,1-2H3,(H2,15,17)/b11-6+. The third kappa shape index (κ3) is 2.25. The van der Waals surface area contributed by atoms with Gasteiger partial charge in [0.2, 0.25) is 0 Å². The molecule has 2 N–H and O–H groups in total. The van der Waals surface area contributed by atoms with Gasteiger partial charge in [-0.3, -0.25) is 0 Å². The van der Waals surface area contributed by atoms with Gasteiger partial charge in [0.05, 0.1) is 5.57 Å². The molecule has 0 spiro atoms. The molecule has 0 bridgehead atoms. The van der Waals surface area contributed by atoms with Crippen LogP contribution in [-0.4, -0.2) is 9.56 Å². The third-order valence-corrected chi connectivity index (χ3v) is 3.34. The van der Waals surface area contributed by atoms with Crippen LogP contribution in [0, 0.1) is 25.2 Å². The van der Waals surface area contributed by atoms with Gasteiger partial charge < -0.3 is 10.3 Å². The molecule has 0 aromatic carbocycles. The van der Waals surface area contributed by atoms with Crippen LogP contribution < -0.4 is 5.73 Å². The molecule has 4 heteroatoms. The van der Waals surface area contributed by atoms with Gasteiger partial charge in [-0.05, 0) is 44.4 Å². The maximum atomic E-state index is 8.95. The second-order valence-corrected chi connectivity index (χ2v) is 4.90. The van der Waals surface area contributed by atoms with E-state index in [1.807, 2.05) is 6.07 Å². The molecular formula is C13H15N3S. The normalized spacial score (nSPS) is 15.7. The van der Waals surface area contributed by atoms with E-state index in [-0.39, 0.29) is 4.99 Å². The van der Waals surface area contributed by atoms with Crippen molar-refractivity contribution in [1.82, 2.24) is 4.57 Å². The van der Waals surface area contributed by atoms with Gasteiger partial charge in [0, 0.05) is 17.4 Å². The molecule has 1 aromatic heterocycles. The predicted molar refractivity (Wildman–Crippen MR) is 72.6 cm³/mol. The lowest BCUT2D eigenvalue weighted by molar-refractivity contribution is 0.699. The van der Waals surface area contributed by atoms with Crippen LogP contribution in [0.15, 0.2) is 11.6 Å². The zero-order chi connectivity index (χ0) is 12.6. The summed E-state index contributed by atoms with van der Waals surface area (Å²) in [4.78, 5) is 0.156. The van der Waals surface area contributed by atoms with E-state index in [0.29, 0.717) is 11.6 Å². The maximum absolute atomic E-state index is 8.95. The first-order valence-electron chi connectivity index (χ1n) is 5.64. The van der Waals surface area contributed by atoms with Gasteiger partial charge in [-0.2, -0.15) is 5.26 Å². The SMILES string of the molecule is Cc1cc(/C=C(\C#N)C(N)=S)c(C)n1C1CC1. The highest BCUT2D eigenvalue weighted by Crippen LogP contribution is 2.38. The summed E-state index contributed by atoms with van der Waals surface area (Å²) in [5, 5.41) is 8.95. The highest BCUT2D eigenvalue weighted by atomic mass is 32.1. The Labute approximate surface area is 107 Å². The van der Waals surface area contributed by atoms with E-state index in [2.05, 4.69) is 24.5 Å². The van der Waals surface area contributed by atoms with E-state index >= 15 is 0 Å². The Kier molecular flexibility index (Phi) is 3.03. The molecule has 0 aliphatic heterocycles. The number of nitriles is 1. The number of nitrogens with zero attached hydrogens (tertiary/aromatic N) is 2. The highest BCUT2D eigenvalue weighted by molar-refractivity contribution is 7.80. The topological polar surface area (TPSA) is 54.7 Å². The molecule has 1 heterocycles. The molecule has 2 rings (SSSR count). The minimum atomic E-state index is 0.156. The maximum Gasteiger partial charge on any atom is 0.114 e. The fraction of sp³-hybridized carbons (Fsp3) is 0.385. The van der Waals surface area contributed by atoms with Crippen molar-refractivity contribution in [3.63, 3.8) is 0 Å². The van der Waals surface area contributed by atoms with Crippen molar-refractivity contribution in [2.45, 2.75) is 32.7 Å². The molecular weight excluding hydrogens is 230 g/mol. The minimum absolute atomic E-state index is 0.156. The summed E-state index contributed by atoms with van der Waals surface area (Å²) in [6.45, 7) is 4.17. The van der Waals surface area contributed by atoms with Gasteiger partial charge in [0.25, 0.3) is 0 Å². The van der Waals surface area contributed by atoms with Gasteiger partial charge >= 0.3 is 0 Å². The van der Waals surface area contributed by atoms with Gasteiger partial charge in [0.1, 0.15) is 11.1 Å². The monoisotopic (exact) mass is 245 g/mol. The largest absolute Gasteiger partial charge is 0.389 e. The van der Waals surface area contributed by atoms with Gasteiger partial charge in [-0.1, -0.05) is 12.2 Å². The van der Waals surface area contributed by atoms with E-state index in [4.69, 9.17) is 23.2 Å². The lowest BCUT2D eigenvalue weighted by atomic mass is 10.1. The molecule has 1 fully saturated rings. The Morgan fingerprint density at radius 1 is 1.59 bits per heavy atom. The van der Waals surface area contributed by atoms with Crippen LogP contribution in [0.5, 0.6) is 0 Å². The number of rotatable bonds is 3. The number of nitrogens with two attached hydrogens (primary N) is 1. The molecule has 0 unspecified atom stereocenters. The van der Waals surface area contributed by atoms with Crippen LogP contribution in [0.3, 0.4) is 0 Å². The van der Waals surface area contributed by atoms with Gasteiger partial charge in [-0.25, -0.2) is 0 Å². The van der Waals surface area contributed by atoms with Crippen molar-refractivity contribution in [3.05, 3.63) is 28.6 Å². The lowest BCUT2D eigenvalue weighted by Crippen LogP contribution is -2.09. The molecule has 0 saturated heterocycles. The van der Waals surface area contributed by atoms with Crippen molar-refractivity contribution in [2.75, 3.05) is 0 Å². The zero-order valence-corrected chi connectivity index (χ0v) is 10.8. The van der Waals surface area contributed by atoms with E-state index in [1.54, 1.807) is 6.08 Å². The average molecular weight is 245 g/mol. The van der Waals surface area contributed by atoms with E-state index in [0.717, 1.165) is 5.56 Å². The molecule has 17 heavy (non-hydrogen) atoms. The fourth-order valence-electron chi connectivity index (χ4n) is 2.16. The van der Waals surface area contributed by atoms with Crippen LogP contribution in [0.2, 0.25) is 0 Å². The predicted octanol–water partition coefficient (Wildman–Crippen LogP) is 2.63. The number of aromatic nitrogens is 1. The highest BCUT2D eigenvalue weighted by Gasteiger charge is 2.26. The number of hydrogen-bond acceptors (Lipinski definition) is 2. The Balaban J connectivity index is 2.44.